The van der Waals surface area contributed by atoms with E-state index in [0.717, 1.165) is 6.42 Å². The summed E-state index contributed by atoms with van der Waals surface area (Å²) in [4.78, 5) is 21.8. The van der Waals surface area contributed by atoms with E-state index in [0.29, 0.717) is 17.2 Å². The van der Waals surface area contributed by atoms with Gasteiger partial charge < -0.3 is 9.47 Å². The molecule has 0 radical (unpaired) electrons. The average molecular weight is 265 g/mol. The fourth-order valence-corrected chi connectivity index (χ4v) is 1.90. The number of benzene rings is 1. The van der Waals surface area contributed by atoms with E-state index in [-0.39, 0.29) is 24.2 Å². The largest absolute Gasteiger partial charge is 0.496 e. The van der Waals surface area contributed by atoms with E-state index in [9.17, 15) is 14.9 Å². The molecule has 0 aromatic heterocycles. The third-order valence-corrected chi connectivity index (χ3v) is 3.26. The van der Waals surface area contributed by atoms with Crippen LogP contribution in [0.25, 0.3) is 0 Å². The summed E-state index contributed by atoms with van der Waals surface area (Å²) in [6.07, 6.45) is 0.852. The molecule has 0 unspecified atom stereocenters. The van der Waals surface area contributed by atoms with Gasteiger partial charge in [-0.25, -0.2) is 0 Å². The first-order valence-electron chi connectivity index (χ1n) is 6.01. The van der Waals surface area contributed by atoms with E-state index in [4.69, 9.17) is 9.47 Å². The Kier molecular flexibility index (Phi) is 3.69. The maximum atomic E-state index is 11.6. The van der Waals surface area contributed by atoms with Crippen molar-refractivity contribution in [1.29, 1.82) is 0 Å². The fraction of sp³-hybridized carbons (Fsp3) is 0.462. The molecule has 1 aliphatic carbocycles. The predicted octanol–water partition coefficient (Wildman–Crippen LogP) is 2.30. The Hall–Kier alpha value is -2.11. The molecule has 0 bridgehead atoms. The first-order valence-corrected chi connectivity index (χ1v) is 6.01. The number of carbonyl (C=O) groups excluding carboxylic acids is 1. The van der Waals surface area contributed by atoms with Crippen molar-refractivity contribution >= 4 is 11.7 Å². The molecule has 1 aromatic carbocycles. The standard InChI is InChI=1S/C13H15NO5/c1-8-5-11(8)13(15)19-7-9-6-10(14(16)17)3-4-12(9)18-2/h3-4,6,8,11H,5,7H2,1-2H3/t8-,11+/m0/s1. The van der Waals surface area contributed by atoms with Gasteiger partial charge in [0.25, 0.3) is 5.69 Å². The van der Waals surface area contributed by atoms with Gasteiger partial charge in [-0.3, -0.25) is 14.9 Å². The molecule has 1 saturated carbocycles. The first-order chi connectivity index (χ1) is 9.02. The molecule has 2 atom stereocenters. The molecule has 2 rings (SSSR count). The average Bonchev–Trinajstić information content (AvgIpc) is 3.12. The summed E-state index contributed by atoms with van der Waals surface area (Å²) in [5.74, 6) is 0.576. The Bertz CT molecular complexity index is 514. The maximum absolute atomic E-state index is 11.6. The van der Waals surface area contributed by atoms with Gasteiger partial charge in [0.1, 0.15) is 12.4 Å². The van der Waals surface area contributed by atoms with Crippen molar-refractivity contribution in [3.63, 3.8) is 0 Å². The molecular weight excluding hydrogens is 250 g/mol. The lowest BCUT2D eigenvalue weighted by Crippen LogP contribution is -2.08. The normalized spacial score (nSPS) is 20.7. The summed E-state index contributed by atoms with van der Waals surface area (Å²) < 4.78 is 10.3. The third kappa shape index (κ3) is 3.01. The summed E-state index contributed by atoms with van der Waals surface area (Å²) in [5.41, 5.74) is 0.449. The summed E-state index contributed by atoms with van der Waals surface area (Å²) in [6.45, 7) is 1.98. The first kappa shape index (κ1) is 13.3. The monoisotopic (exact) mass is 265 g/mol. The molecular formula is C13H15NO5. The molecule has 19 heavy (non-hydrogen) atoms. The zero-order valence-corrected chi connectivity index (χ0v) is 10.8. The molecule has 102 valence electrons. The highest BCUT2D eigenvalue weighted by atomic mass is 16.6. The lowest BCUT2D eigenvalue weighted by Gasteiger charge is -2.09. The van der Waals surface area contributed by atoms with Gasteiger partial charge in [-0.05, 0) is 18.4 Å². The number of nitro groups is 1. The lowest BCUT2D eigenvalue weighted by atomic mass is 10.2. The molecule has 0 heterocycles. The number of rotatable bonds is 5. The van der Waals surface area contributed by atoms with Gasteiger partial charge in [0.15, 0.2) is 0 Å². The molecule has 6 heteroatoms. The number of methoxy groups -OCH3 is 1. The van der Waals surface area contributed by atoms with Crippen LogP contribution in [0.4, 0.5) is 5.69 Å². The second-order valence-corrected chi connectivity index (χ2v) is 4.68. The second kappa shape index (κ2) is 5.26. The van der Waals surface area contributed by atoms with Gasteiger partial charge in [-0.1, -0.05) is 6.92 Å². The van der Waals surface area contributed by atoms with Crippen molar-refractivity contribution in [3.8, 4) is 5.75 Å². The number of esters is 1. The number of nitrogens with zero attached hydrogens (tertiary/aromatic N) is 1. The quantitative estimate of drug-likeness (QED) is 0.463. The van der Waals surface area contributed by atoms with Crippen LogP contribution in [0.5, 0.6) is 5.75 Å². The van der Waals surface area contributed by atoms with Crippen LogP contribution in [0.3, 0.4) is 0 Å². The molecule has 0 N–H and O–H groups in total. The van der Waals surface area contributed by atoms with Gasteiger partial charge in [-0.15, -0.1) is 0 Å². The number of ether oxygens (including phenoxy) is 2. The molecule has 6 nitrogen and oxygen atoms in total. The third-order valence-electron chi connectivity index (χ3n) is 3.26. The number of hydrogen-bond donors (Lipinski definition) is 0. The van der Waals surface area contributed by atoms with Crippen molar-refractivity contribution in [3.05, 3.63) is 33.9 Å². The minimum Gasteiger partial charge on any atom is -0.496 e. The minimum absolute atomic E-state index is 0.00704. The Balaban J connectivity index is 2.07. The van der Waals surface area contributed by atoms with Crippen molar-refractivity contribution < 1.29 is 19.2 Å². The van der Waals surface area contributed by atoms with E-state index >= 15 is 0 Å². The van der Waals surface area contributed by atoms with E-state index in [1.165, 1.54) is 25.3 Å². The van der Waals surface area contributed by atoms with Gasteiger partial charge in [0, 0.05) is 17.7 Å². The van der Waals surface area contributed by atoms with Crippen molar-refractivity contribution in [2.24, 2.45) is 11.8 Å². The second-order valence-electron chi connectivity index (χ2n) is 4.68. The van der Waals surface area contributed by atoms with Crippen molar-refractivity contribution in [2.75, 3.05) is 7.11 Å². The highest BCUT2D eigenvalue weighted by Gasteiger charge is 2.40. The fourth-order valence-electron chi connectivity index (χ4n) is 1.90. The van der Waals surface area contributed by atoms with Gasteiger partial charge in [-0.2, -0.15) is 0 Å². The van der Waals surface area contributed by atoms with E-state index in [2.05, 4.69) is 0 Å². The Morgan fingerprint density at radius 3 is 2.74 bits per heavy atom. The van der Waals surface area contributed by atoms with Crippen molar-refractivity contribution in [2.45, 2.75) is 20.0 Å². The molecule has 0 amide bonds. The van der Waals surface area contributed by atoms with Crippen LogP contribution in [0.15, 0.2) is 18.2 Å². The van der Waals surface area contributed by atoms with Crippen LogP contribution in [-0.2, 0) is 16.1 Å². The number of non-ortho nitro benzene ring substituents is 1. The Labute approximate surface area is 110 Å². The number of hydrogen-bond acceptors (Lipinski definition) is 5. The van der Waals surface area contributed by atoms with Crippen LogP contribution >= 0.6 is 0 Å². The highest BCUT2D eigenvalue weighted by Crippen LogP contribution is 2.39. The summed E-state index contributed by atoms with van der Waals surface area (Å²) in [5, 5.41) is 10.7. The number of nitro benzene ring substituents is 1. The molecule has 1 aromatic rings. The van der Waals surface area contributed by atoms with Crippen LogP contribution in [0, 0.1) is 22.0 Å². The smallest absolute Gasteiger partial charge is 0.309 e. The van der Waals surface area contributed by atoms with E-state index in [1.54, 1.807) is 0 Å². The topological polar surface area (TPSA) is 78.7 Å². The summed E-state index contributed by atoms with van der Waals surface area (Å²) >= 11 is 0. The number of carbonyl (C=O) groups is 1. The lowest BCUT2D eigenvalue weighted by molar-refractivity contribution is -0.385. The predicted molar refractivity (Wildman–Crippen MR) is 66.7 cm³/mol. The van der Waals surface area contributed by atoms with Crippen LogP contribution in [-0.4, -0.2) is 18.0 Å². The molecule has 0 saturated heterocycles. The van der Waals surface area contributed by atoms with Gasteiger partial charge in [0.05, 0.1) is 18.0 Å². The van der Waals surface area contributed by atoms with Crippen molar-refractivity contribution in [1.82, 2.24) is 0 Å². The van der Waals surface area contributed by atoms with Crippen LogP contribution < -0.4 is 4.74 Å². The van der Waals surface area contributed by atoms with E-state index < -0.39 is 4.92 Å². The highest BCUT2D eigenvalue weighted by molar-refractivity contribution is 5.75. The molecule has 1 aliphatic rings. The zero-order chi connectivity index (χ0) is 14.0. The van der Waals surface area contributed by atoms with Crippen LogP contribution in [0.2, 0.25) is 0 Å². The minimum atomic E-state index is -0.492. The maximum Gasteiger partial charge on any atom is 0.309 e. The van der Waals surface area contributed by atoms with Crippen LogP contribution in [0.1, 0.15) is 18.9 Å². The Morgan fingerprint density at radius 1 is 1.53 bits per heavy atom. The molecule has 1 fully saturated rings. The SMILES string of the molecule is COc1ccc([N+](=O)[O-])cc1COC(=O)[C@@H]1C[C@@H]1C. The van der Waals surface area contributed by atoms with Gasteiger partial charge >= 0.3 is 5.97 Å². The Morgan fingerprint density at radius 2 is 2.21 bits per heavy atom. The summed E-state index contributed by atoms with van der Waals surface area (Å²) in [7, 11) is 1.47. The van der Waals surface area contributed by atoms with Gasteiger partial charge in [0.2, 0.25) is 0 Å². The van der Waals surface area contributed by atoms with E-state index in [1.807, 2.05) is 6.92 Å². The zero-order valence-electron chi connectivity index (χ0n) is 10.8. The molecule has 0 aliphatic heterocycles. The molecule has 0 spiro atoms. The summed E-state index contributed by atoms with van der Waals surface area (Å²) in [6, 6.07) is 4.22.